The molecule has 2 aromatic carbocycles. The van der Waals surface area contributed by atoms with Crippen molar-refractivity contribution in [3.8, 4) is 0 Å². The lowest BCUT2D eigenvalue weighted by atomic mass is 9.84. The topological polar surface area (TPSA) is 300 Å². The minimum Gasteiger partial charge on any atom is -0.379 e. The molecule has 0 saturated carbocycles. The Bertz CT molecular complexity index is 2810. The normalized spacial score (nSPS) is 19.0. The van der Waals surface area contributed by atoms with Crippen molar-refractivity contribution in [2.24, 2.45) is 53.1 Å². The highest BCUT2D eigenvalue weighted by molar-refractivity contribution is 5.97. The number of benzene rings is 2. The van der Waals surface area contributed by atoms with Crippen LogP contribution >= 0.6 is 0 Å². The zero-order chi connectivity index (χ0) is 71.5. The van der Waals surface area contributed by atoms with Crippen LogP contribution in [0, 0.1) is 47.3 Å². The van der Waals surface area contributed by atoms with Gasteiger partial charge in [-0.25, -0.2) is 4.79 Å². The van der Waals surface area contributed by atoms with Crippen molar-refractivity contribution < 1.29 is 57.4 Å². The number of hydrogen-bond donors (Lipinski definition) is 7. The third-order valence-electron chi connectivity index (χ3n) is 19.7. The average molecular weight is 1340 g/mol. The summed E-state index contributed by atoms with van der Waals surface area (Å²) in [6.07, 6.45) is 4.00. The molecule has 96 heavy (non-hydrogen) atoms. The first-order chi connectivity index (χ1) is 45.5. The van der Waals surface area contributed by atoms with Crippen molar-refractivity contribution in [2.75, 3.05) is 73.9 Å². The van der Waals surface area contributed by atoms with Gasteiger partial charge in [0.1, 0.15) is 11.8 Å². The zero-order valence-corrected chi connectivity index (χ0v) is 60.6. The smallest absolute Gasteiger partial charge is 0.312 e. The van der Waals surface area contributed by atoms with E-state index in [1.807, 2.05) is 112 Å². The Morgan fingerprint density at radius 2 is 1.38 bits per heavy atom. The third kappa shape index (κ3) is 25.2. The zero-order valence-electron chi connectivity index (χ0n) is 60.6. The molecule has 0 spiro atoms. The van der Waals surface area contributed by atoms with Crippen LogP contribution in [0.3, 0.4) is 0 Å². The predicted octanol–water partition coefficient (Wildman–Crippen LogP) is 6.89. The standard InChI is InChI=1S/C73H119N11O12/c1-17-48(8)67(82(14)72(93)65(46(4)5)80-71(92)66(47(6)7)81(12)13)60(95-15)43-63(89)84-36-22-27-57(84)68(96-16)50(10)58(85)40-53(39-51-24-19-18-20-25-51)41-62(88)77-44-52-29-31-56(32-30-52)78-70(91)54(26-21-34-76-73(74)94)42-59(86)64(45(2)3)79-61(87)28-23-35-83-37-33-55(38-49(83)9)69(90)75-11/h18-20,24-25,29-32,45-50,53-55,57,60,64-68H,17,21-23,26-28,33-44H2,1-16H3,(H,75,90)(H,77,88)(H,78,91)(H,79,87)(H,80,92)(H3,74,76,94)/t48-,49?,50-,53+,54+,55?,57-,60+,64-,65-,66-,67-,68+/m0/s1. The van der Waals surface area contributed by atoms with Crippen LogP contribution in [0.15, 0.2) is 54.6 Å². The Morgan fingerprint density at radius 1 is 0.708 bits per heavy atom. The molecule has 23 nitrogen and oxygen atoms in total. The van der Waals surface area contributed by atoms with Gasteiger partial charge in [-0.05, 0) is 138 Å². The van der Waals surface area contributed by atoms with Crippen LogP contribution in [0.1, 0.15) is 164 Å². The summed E-state index contributed by atoms with van der Waals surface area (Å²) in [6.45, 7) is 21.7. The number of carbonyl (C=O) groups excluding carboxylic acids is 10. The number of Topliss-reactive ketones (excluding diaryl/α,β-unsaturated/α-hetero) is 2. The van der Waals surface area contributed by atoms with Gasteiger partial charge < -0.3 is 61.8 Å². The number of methoxy groups -OCH3 is 2. The predicted molar refractivity (Wildman–Crippen MR) is 374 cm³/mol. The maximum absolute atomic E-state index is 14.6. The molecule has 4 rings (SSSR count). The van der Waals surface area contributed by atoms with Crippen LogP contribution < -0.4 is 37.6 Å². The summed E-state index contributed by atoms with van der Waals surface area (Å²) in [4.78, 5) is 144. The number of nitrogens with zero attached hydrogens (tertiary/aromatic N) is 4. The first-order valence-corrected chi connectivity index (χ1v) is 35.1. The molecule has 2 fully saturated rings. The van der Waals surface area contributed by atoms with E-state index in [9.17, 15) is 47.9 Å². The number of primary amides is 1. The molecule has 0 radical (unpaired) electrons. The van der Waals surface area contributed by atoms with Crippen LogP contribution in [0.5, 0.6) is 0 Å². The molecule has 23 heteroatoms. The summed E-state index contributed by atoms with van der Waals surface area (Å²) in [5.74, 6) is -4.31. The number of piperidine rings is 1. The van der Waals surface area contributed by atoms with E-state index in [4.69, 9.17) is 15.2 Å². The molecule has 13 atom stereocenters. The van der Waals surface area contributed by atoms with Gasteiger partial charge in [0.05, 0.1) is 42.8 Å². The number of anilines is 1. The van der Waals surface area contributed by atoms with Crippen LogP contribution in [-0.2, 0) is 65.6 Å². The lowest BCUT2D eigenvalue weighted by molar-refractivity contribution is -0.148. The minimum atomic E-state index is -0.828. The molecule has 0 aromatic heterocycles. The number of urea groups is 1. The fourth-order valence-electron chi connectivity index (χ4n) is 14.1. The van der Waals surface area contributed by atoms with Gasteiger partial charge >= 0.3 is 6.03 Å². The highest BCUT2D eigenvalue weighted by atomic mass is 16.5. The lowest BCUT2D eigenvalue weighted by Gasteiger charge is -2.41. The van der Waals surface area contributed by atoms with E-state index in [0.29, 0.717) is 57.3 Å². The summed E-state index contributed by atoms with van der Waals surface area (Å²) in [5, 5.41) is 17.2. The molecule has 0 aliphatic carbocycles. The SMILES string of the molecule is CC[C@H](C)[C@@H]([C@@H](CC(=O)N1CCC[C@H]1[C@H](OC)[C@@H](C)C(=O)C[C@H](CC(=O)NCc1ccc(NC(=O)[C@H](CCCNC(N)=O)CC(=O)[C@@H](NC(=O)CCCN2CCC(C(=O)NC)CC2C)C(C)C)cc1)Cc1ccccc1)OC)N(C)C(=O)[C@@H](NC(=O)[C@H](C(C)C)N(C)C)C(C)C. The number of rotatable bonds is 41. The van der Waals surface area contributed by atoms with E-state index in [2.05, 4.69) is 43.7 Å². The Hall–Kier alpha value is -6.82. The van der Waals surface area contributed by atoms with Crippen molar-refractivity contribution >= 4 is 64.6 Å². The Labute approximate surface area is 572 Å². The van der Waals surface area contributed by atoms with Gasteiger partial charge in [-0.2, -0.15) is 0 Å². The number of ether oxygens (including phenoxy) is 2. The van der Waals surface area contributed by atoms with E-state index < -0.39 is 66.2 Å². The van der Waals surface area contributed by atoms with Crippen molar-refractivity contribution in [2.45, 2.75) is 214 Å². The molecule has 2 unspecified atom stereocenters. The summed E-state index contributed by atoms with van der Waals surface area (Å²) >= 11 is 0. The molecule has 2 aromatic rings. The number of carbonyl (C=O) groups is 10. The van der Waals surface area contributed by atoms with E-state index in [-0.39, 0.29) is 140 Å². The number of likely N-dealkylation sites (N-methyl/N-ethyl adjacent to an activating group) is 2. The van der Waals surface area contributed by atoms with E-state index in [1.165, 1.54) is 0 Å². The van der Waals surface area contributed by atoms with Gasteiger partial charge in [0, 0.05) is 103 Å². The number of hydrogen-bond acceptors (Lipinski definition) is 14. The molecule has 2 aliphatic heterocycles. The Balaban J connectivity index is 1.40. The van der Waals surface area contributed by atoms with Crippen molar-refractivity contribution in [3.05, 3.63) is 65.7 Å². The second kappa shape index (κ2) is 40.8. The van der Waals surface area contributed by atoms with Crippen LogP contribution in [0.2, 0.25) is 0 Å². The largest absolute Gasteiger partial charge is 0.379 e. The molecular weight excluding hydrogens is 1220 g/mol. The molecule has 2 saturated heterocycles. The number of nitrogens with two attached hydrogens (primary N) is 1. The first-order valence-electron chi connectivity index (χ1n) is 35.1. The van der Waals surface area contributed by atoms with Crippen LogP contribution in [0.25, 0.3) is 0 Å². The summed E-state index contributed by atoms with van der Waals surface area (Å²) in [5.41, 5.74) is 7.48. The van der Waals surface area contributed by atoms with Gasteiger partial charge in [0.15, 0.2) is 5.78 Å². The van der Waals surface area contributed by atoms with Gasteiger partial charge in [0.25, 0.3) is 0 Å². The Morgan fingerprint density at radius 3 is 1.95 bits per heavy atom. The van der Waals surface area contributed by atoms with Crippen molar-refractivity contribution in [3.63, 3.8) is 0 Å². The average Bonchev–Trinajstić information content (AvgIpc) is 1.20. The number of nitrogens with one attached hydrogen (secondary N) is 6. The minimum absolute atomic E-state index is 0.00640. The maximum atomic E-state index is 14.6. The van der Waals surface area contributed by atoms with Crippen molar-refractivity contribution in [1.82, 2.24) is 46.2 Å². The third-order valence-corrected chi connectivity index (χ3v) is 19.7. The van der Waals surface area contributed by atoms with Crippen LogP contribution in [-0.4, -0.2) is 196 Å². The molecule has 538 valence electrons. The molecule has 0 bridgehead atoms. The number of ketones is 2. The maximum Gasteiger partial charge on any atom is 0.312 e. The van der Waals surface area contributed by atoms with E-state index in [0.717, 1.165) is 30.5 Å². The van der Waals surface area contributed by atoms with E-state index in [1.54, 1.807) is 62.4 Å². The molecule has 8 N–H and O–H groups in total. The molecular formula is C73H119N11O12. The van der Waals surface area contributed by atoms with Gasteiger partial charge in [-0.3, -0.25) is 48.1 Å². The van der Waals surface area contributed by atoms with Crippen LogP contribution in [0.4, 0.5) is 10.5 Å². The quantitative estimate of drug-likeness (QED) is 0.0334. The highest BCUT2D eigenvalue weighted by Gasteiger charge is 2.44. The lowest BCUT2D eigenvalue weighted by Crippen LogP contribution is -2.59. The Kier molecular flexibility index (Phi) is 34.7. The second-order valence-corrected chi connectivity index (χ2v) is 28.3. The second-order valence-electron chi connectivity index (χ2n) is 28.3. The number of amides is 9. The molecule has 2 heterocycles. The highest BCUT2D eigenvalue weighted by Crippen LogP contribution is 2.32. The summed E-state index contributed by atoms with van der Waals surface area (Å²) in [6, 6.07) is 13.1. The van der Waals surface area contributed by atoms with Gasteiger partial charge in [-0.15, -0.1) is 0 Å². The number of likely N-dealkylation sites (tertiary alicyclic amines) is 2. The summed E-state index contributed by atoms with van der Waals surface area (Å²) < 4.78 is 12.3. The fraction of sp³-hybridized carbons (Fsp3) is 0.699. The summed E-state index contributed by atoms with van der Waals surface area (Å²) in [7, 11) is 10.2. The molecule has 9 amide bonds. The fourth-order valence-corrected chi connectivity index (χ4v) is 14.1. The monoisotopic (exact) mass is 1340 g/mol. The van der Waals surface area contributed by atoms with Gasteiger partial charge in [0.2, 0.25) is 41.4 Å². The van der Waals surface area contributed by atoms with E-state index >= 15 is 0 Å². The molecule has 2 aliphatic rings. The first kappa shape index (κ1) is 81.6. The van der Waals surface area contributed by atoms with Crippen molar-refractivity contribution in [1.29, 1.82) is 0 Å². The van der Waals surface area contributed by atoms with Gasteiger partial charge in [-0.1, -0.05) is 111 Å².